The lowest BCUT2D eigenvalue weighted by molar-refractivity contribution is -0.137. The van der Waals surface area contributed by atoms with E-state index in [-0.39, 0.29) is 18.2 Å². The molecule has 2 atom stereocenters. The number of thiocarbonyl (C=S) groups is 1. The Balaban J connectivity index is 1.63. The monoisotopic (exact) mass is 550 g/mol. The first-order valence-electron chi connectivity index (χ1n) is 12.7. The molecule has 3 heterocycles. The molecule has 0 saturated carbocycles. The van der Waals surface area contributed by atoms with E-state index < -0.39 is 11.7 Å². The van der Waals surface area contributed by atoms with Crippen LogP contribution in [0.1, 0.15) is 54.1 Å². The molecule has 5 rings (SSSR count). The van der Waals surface area contributed by atoms with Crippen LogP contribution in [-0.4, -0.2) is 20.8 Å². The van der Waals surface area contributed by atoms with Gasteiger partial charge in [-0.3, -0.25) is 4.98 Å². The van der Waals surface area contributed by atoms with Gasteiger partial charge >= 0.3 is 6.18 Å². The maximum Gasteiger partial charge on any atom is 0.416 e. The highest BCUT2D eigenvalue weighted by Gasteiger charge is 2.42. The Hall–Kier alpha value is -3.85. The molecule has 2 aromatic carbocycles. The standard InChI is InChI=1S/C30H29F3N4OS/c1-18(2)38-24-13-11-22(12-14-24)37-28(27(35-29(37)39)26-10-5-6-15-34-26)25-16-19(3)36(20(25)4)23-9-7-8-21(17-23)30(31,32)33/h5-18,27-28H,1-4H3,(H,35,39)/t27-,28+/m0/s1. The van der Waals surface area contributed by atoms with Crippen LogP contribution >= 0.6 is 12.2 Å². The van der Waals surface area contributed by atoms with E-state index in [1.54, 1.807) is 12.3 Å². The molecular formula is C30H29F3N4OS. The number of hydrogen-bond acceptors (Lipinski definition) is 3. The minimum absolute atomic E-state index is 0.0490. The summed E-state index contributed by atoms with van der Waals surface area (Å²) in [4.78, 5) is 6.65. The highest BCUT2D eigenvalue weighted by molar-refractivity contribution is 7.80. The Morgan fingerprint density at radius 1 is 0.949 bits per heavy atom. The van der Waals surface area contributed by atoms with Crippen molar-refractivity contribution in [1.82, 2.24) is 14.9 Å². The summed E-state index contributed by atoms with van der Waals surface area (Å²) in [5.74, 6) is 0.757. The van der Waals surface area contributed by atoms with Crippen LogP contribution in [0, 0.1) is 13.8 Å². The van der Waals surface area contributed by atoms with Gasteiger partial charge in [-0.2, -0.15) is 13.2 Å². The number of rotatable bonds is 6. The zero-order valence-corrected chi connectivity index (χ0v) is 22.8. The predicted octanol–water partition coefficient (Wildman–Crippen LogP) is 7.47. The van der Waals surface area contributed by atoms with Gasteiger partial charge in [0.2, 0.25) is 0 Å². The molecule has 4 aromatic rings. The van der Waals surface area contributed by atoms with Gasteiger partial charge in [-0.1, -0.05) is 12.1 Å². The number of aromatic nitrogens is 2. The van der Waals surface area contributed by atoms with Gasteiger partial charge in [-0.25, -0.2) is 0 Å². The fraction of sp³-hybridized carbons (Fsp3) is 0.267. The molecule has 0 unspecified atom stereocenters. The summed E-state index contributed by atoms with van der Waals surface area (Å²) in [5, 5.41) is 3.98. The molecule has 1 fully saturated rings. The molecule has 1 aliphatic rings. The van der Waals surface area contributed by atoms with Crippen LogP contribution in [0.2, 0.25) is 0 Å². The molecule has 0 amide bonds. The average Bonchev–Trinajstić information content (AvgIpc) is 3.39. The average molecular weight is 551 g/mol. The zero-order valence-electron chi connectivity index (χ0n) is 22.0. The smallest absolute Gasteiger partial charge is 0.416 e. The van der Waals surface area contributed by atoms with Crippen molar-refractivity contribution in [3.05, 3.63) is 107 Å². The van der Waals surface area contributed by atoms with Gasteiger partial charge in [0, 0.05) is 29.0 Å². The Bertz CT molecular complexity index is 1480. The van der Waals surface area contributed by atoms with E-state index in [2.05, 4.69) is 10.3 Å². The summed E-state index contributed by atoms with van der Waals surface area (Å²) < 4.78 is 48.2. The molecule has 0 spiro atoms. The summed E-state index contributed by atoms with van der Waals surface area (Å²) in [6.07, 6.45) is -2.64. The molecule has 1 saturated heterocycles. The maximum atomic E-state index is 13.5. The Kier molecular flexibility index (Phi) is 7.11. The van der Waals surface area contributed by atoms with Gasteiger partial charge in [0.15, 0.2) is 5.11 Å². The van der Waals surface area contributed by atoms with Crippen molar-refractivity contribution in [3.63, 3.8) is 0 Å². The summed E-state index contributed by atoms with van der Waals surface area (Å²) in [5.41, 5.74) is 4.04. The van der Waals surface area contributed by atoms with Crippen molar-refractivity contribution < 1.29 is 17.9 Å². The zero-order chi connectivity index (χ0) is 27.9. The second-order valence-corrected chi connectivity index (χ2v) is 10.3. The van der Waals surface area contributed by atoms with Crippen LogP contribution in [0.4, 0.5) is 18.9 Å². The van der Waals surface area contributed by atoms with Crippen LogP contribution in [0.3, 0.4) is 0 Å². The molecular weight excluding hydrogens is 521 g/mol. The van der Waals surface area contributed by atoms with Crippen molar-refractivity contribution in [2.24, 2.45) is 0 Å². The number of halogens is 3. The van der Waals surface area contributed by atoms with E-state index in [0.717, 1.165) is 40.1 Å². The number of pyridine rings is 1. The van der Waals surface area contributed by atoms with Crippen molar-refractivity contribution in [1.29, 1.82) is 0 Å². The number of aryl methyl sites for hydroxylation is 1. The maximum absolute atomic E-state index is 13.5. The quantitative estimate of drug-likeness (QED) is 0.252. The Labute approximate surface area is 231 Å². The van der Waals surface area contributed by atoms with E-state index in [9.17, 15) is 13.2 Å². The van der Waals surface area contributed by atoms with Gasteiger partial charge in [0.05, 0.1) is 29.4 Å². The number of anilines is 1. The highest BCUT2D eigenvalue weighted by atomic mass is 32.1. The SMILES string of the molecule is Cc1cc([C@@H]2[C@H](c3ccccn3)NC(=S)N2c2ccc(OC(C)C)cc2)c(C)n1-c1cccc(C(F)(F)F)c1. The lowest BCUT2D eigenvalue weighted by Gasteiger charge is -2.28. The number of nitrogens with one attached hydrogen (secondary N) is 1. The molecule has 5 nitrogen and oxygen atoms in total. The molecule has 0 radical (unpaired) electrons. The summed E-state index contributed by atoms with van der Waals surface area (Å²) in [6, 6.07) is 20.3. The Morgan fingerprint density at radius 2 is 1.69 bits per heavy atom. The molecule has 1 N–H and O–H groups in total. The van der Waals surface area contributed by atoms with Crippen LogP contribution in [0.15, 0.2) is 79.0 Å². The number of hydrogen-bond donors (Lipinski definition) is 1. The Morgan fingerprint density at radius 3 is 2.33 bits per heavy atom. The van der Waals surface area contributed by atoms with Crippen molar-refractivity contribution in [3.8, 4) is 11.4 Å². The molecule has 0 bridgehead atoms. The highest BCUT2D eigenvalue weighted by Crippen LogP contribution is 2.44. The molecule has 202 valence electrons. The van der Waals surface area contributed by atoms with Crippen molar-refractivity contribution >= 4 is 23.0 Å². The normalized spacial score (nSPS) is 17.5. The predicted molar refractivity (Wildman–Crippen MR) is 150 cm³/mol. The minimum atomic E-state index is -4.43. The number of benzene rings is 2. The van der Waals surface area contributed by atoms with Crippen LogP contribution < -0.4 is 15.0 Å². The third-order valence-corrected chi connectivity index (χ3v) is 7.12. The van der Waals surface area contributed by atoms with Crippen LogP contribution in [-0.2, 0) is 6.18 Å². The van der Waals surface area contributed by atoms with Gasteiger partial charge in [-0.05, 0) is 106 Å². The molecule has 1 aliphatic heterocycles. The molecule has 9 heteroatoms. The second-order valence-electron chi connectivity index (χ2n) is 9.87. The van der Waals surface area contributed by atoms with Gasteiger partial charge in [0.1, 0.15) is 5.75 Å². The first-order valence-corrected chi connectivity index (χ1v) is 13.1. The number of nitrogens with zero attached hydrogens (tertiary/aromatic N) is 3. The van der Waals surface area contributed by atoms with Crippen LogP contribution in [0.5, 0.6) is 5.75 Å². The van der Waals surface area contributed by atoms with E-state index in [4.69, 9.17) is 17.0 Å². The number of alkyl halides is 3. The fourth-order valence-electron chi connectivity index (χ4n) is 5.21. The van der Waals surface area contributed by atoms with E-state index >= 15 is 0 Å². The van der Waals surface area contributed by atoms with Crippen LogP contribution in [0.25, 0.3) is 5.69 Å². The molecule has 0 aliphatic carbocycles. The number of ether oxygens (including phenoxy) is 1. The van der Waals surface area contributed by atoms with Gasteiger partial charge in [0.25, 0.3) is 0 Å². The molecule has 39 heavy (non-hydrogen) atoms. The lowest BCUT2D eigenvalue weighted by atomic mass is 9.96. The molecule has 2 aromatic heterocycles. The second kappa shape index (κ2) is 10.4. The third-order valence-electron chi connectivity index (χ3n) is 6.81. The van der Waals surface area contributed by atoms with E-state index in [1.165, 1.54) is 12.1 Å². The summed E-state index contributed by atoms with van der Waals surface area (Å²) in [7, 11) is 0. The van der Waals surface area contributed by atoms with E-state index in [0.29, 0.717) is 10.8 Å². The minimum Gasteiger partial charge on any atom is -0.491 e. The third kappa shape index (κ3) is 5.23. The lowest BCUT2D eigenvalue weighted by Crippen LogP contribution is -2.29. The van der Waals surface area contributed by atoms with Gasteiger partial charge in [-0.15, -0.1) is 0 Å². The van der Waals surface area contributed by atoms with E-state index in [1.807, 2.05) is 85.7 Å². The fourth-order valence-corrected chi connectivity index (χ4v) is 5.56. The summed E-state index contributed by atoms with van der Waals surface area (Å²) >= 11 is 5.84. The van der Waals surface area contributed by atoms with Gasteiger partial charge < -0.3 is 19.5 Å². The first kappa shape index (κ1) is 26.7. The topological polar surface area (TPSA) is 42.3 Å². The first-order chi connectivity index (χ1) is 18.5. The largest absolute Gasteiger partial charge is 0.491 e. The van der Waals surface area contributed by atoms with Crippen molar-refractivity contribution in [2.75, 3.05) is 4.90 Å². The summed E-state index contributed by atoms with van der Waals surface area (Å²) in [6.45, 7) is 7.77. The van der Waals surface area contributed by atoms with Crippen molar-refractivity contribution in [2.45, 2.75) is 52.1 Å².